The van der Waals surface area contributed by atoms with E-state index in [0.717, 1.165) is 12.8 Å². The summed E-state index contributed by atoms with van der Waals surface area (Å²) in [5.41, 5.74) is 5.16. The molecule has 1 aliphatic rings. The molecule has 0 radical (unpaired) electrons. The number of carboxylic acid groups (broad SMARTS) is 1. The second kappa shape index (κ2) is 7.33. The lowest BCUT2D eigenvalue weighted by atomic mass is 10.1. The largest absolute Gasteiger partial charge is 0.480 e. The summed E-state index contributed by atoms with van der Waals surface area (Å²) >= 11 is 0. The number of aliphatic carboxylic acids is 1. The van der Waals surface area contributed by atoms with Crippen LogP contribution in [0.2, 0.25) is 0 Å². The number of nitrogens with two attached hydrogens (primary N) is 1. The maximum absolute atomic E-state index is 10.0. The molecule has 1 rings (SSSR count). The van der Waals surface area contributed by atoms with Gasteiger partial charge in [-0.05, 0) is 18.8 Å². The van der Waals surface area contributed by atoms with Gasteiger partial charge in [0.05, 0.1) is 0 Å². The SMILES string of the molecule is C1=CCC=CC1.CC(C)[C@H](N)C(=O)O. The molecule has 14 heavy (non-hydrogen) atoms. The van der Waals surface area contributed by atoms with Crippen molar-refractivity contribution >= 4 is 5.97 Å². The predicted octanol–water partition coefficient (Wildman–Crippen LogP) is 1.95. The molecule has 0 unspecified atom stereocenters. The van der Waals surface area contributed by atoms with Gasteiger partial charge in [-0.25, -0.2) is 0 Å². The molecule has 3 N–H and O–H groups in total. The number of rotatable bonds is 2. The fourth-order valence-corrected chi connectivity index (χ4v) is 0.827. The van der Waals surface area contributed by atoms with Crippen LogP contribution in [-0.4, -0.2) is 17.1 Å². The Hall–Kier alpha value is -1.09. The molecular weight excluding hydrogens is 178 g/mol. The van der Waals surface area contributed by atoms with Gasteiger partial charge in [-0.15, -0.1) is 0 Å². The van der Waals surface area contributed by atoms with E-state index in [0.29, 0.717) is 0 Å². The molecule has 80 valence electrons. The molecule has 0 aromatic rings. The highest BCUT2D eigenvalue weighted by atomic mass is 16.4. The average Bonchev–Trinajstić information content (AvgIpc) is 2.20. The van der Waals surface area contributed by atoms with E-state index in [1.54, 1.807) is 13.8 Å². The summed E-state index contributed by atoms with van der Waals surface area (Å²) < 4.78 is 0. The zero-order valence-electron chi connectivity index (χ0n) is 8.81. The molecule has 0 fully saturated rings. The summed E-state index contributed by atoms with van der Waals surface area (Å²) in [6.45, 7) is 3.55. The van der Waals surface area contributed by atoms with Gasteiger partial charge in [-0.2, -0.15) is 0 Å². The predicted molar refractivity (Wildman–Crippen MR) is 58.0 cm³/mol. The van der Waals surface area contributed by atoms with Crippen molar-refractivity contribution in [2.45, 2.75) is 32.7 Å². The molecule has 0 amide bonds. The minimum Gasteiger partial charge on any atom is -0.480 e. The maximum atomic E-state index is 10.0. The molecule has 0 bridgehead atoms. The fraction of sp³-hybridized carbons (Fsp3) is 0.545. The van der Waals surface area contributed by atoms with E-state index in [1.165, 1.54) is 0 Å². The average molecular weight is 197 g/mol. The Balaban J connectivity index is 0.000000249. The monoisotopic (exact) mass is 197 g/mol. The Bertz CT molecular complexity index is 199. The molecule has 0 saturated heterocycles. The Morgan fingerprint density at radius 1 is 1.21 bits per heavy atom. The second-order valence-corrected chi connectivity index (χ2v) is 3.52. The van der Waals surface area contributed by atoms with Crippen LogP contribution in [0.3, 0.4) is 0 Å². The van der Waals surface area contributed by atoms with E-state index < -0.39 is 12.0 Å². The van der Waals surface area contributed by atoms with Crippen LogP contribution >= 0.6 is 0 Å². The van der Waals surface area contributed by atoms with E-state index in [-0.39, 0.29) is 5.92 Å². The smallest absolute Gasteiger partial charge is 0.320 e. The highest BCUT2D eigenvalue weighted by Gasteiger charge is 2.14. The first-order valence-electron chi connectivity index (χ1n) is 4.84. The van der Waals surface area contributed by atoms with Crippen molar-refractivity contribution in [1.82, 2.24) is 0 Å². The van der Waals surface area contributed by atoms with E-state index in [4.69, 9.17) is 10.8 Å². The first-order chi connectivity index (χ1) is 6.55. The number of hydrogen-bond donors (Lipinski definition) is 2. The number of hydrogen-bond acceptors (Lipinski definition) is 2. The minimum absolute atomic E-state index is 0.0208. The zero-order chi connectivity index (χ0) is 11.0. The lowest BCUT2D eigenvalue weighted by Gasteiger charge is -2.07. The Labute approximate surface area is 85.3 Å². The standard InChI is InChI=1S/C6H8.C5H11NO2/c1-2-4-6-5-3-1;1-3(2)4(6)5(7)8/h1-2,5-6H,3-4H2;3-4H,6H2,1-2H3,(H,7,8)/t;4-/m.0/s1. The van der Waals surface area contributed by atoms with Gasteiger partial charge in [0.1, 0.15) is 6.04 Å². The summed E-state index contributed by atoms with van der Waals surface area (Å²) in [7, 11) is 0. The molecular formula is C11H19NO2. The van der Waals surface area contributed by atoms with Crippen LogP contribution in [0.4, 0.5) is 0 Å². The molecule has 1 aliphatic carbocycles. The Morgan fingerprint density at radius 3 is 1.64 bits per heavy atom. The van der Waals surface area contributed by atoms with Crippen LogP contribution in [0.25, 0.3) is 0 Å². The summed E-state index contributed by atoms with van der Waals surface area (Å²) in [5, 5.41) is 8.23. The van der Waals surface area contributed by atoms with E-state index in [1.807, 2.05) is 0 Å². The first-order valence-corrected chi connectivity index (χ1v) is 4.84. The third-order valence-electron chi connectivity index (χ3n) is 1.88. The zero-order valence-corrected chi connectivity index (χ0v) is 8.81. The van der Waals surface area contributed by atoms with E-state index >= 15 is 0 Å². The Kier molecular flexibility index (Phi) is 6.76. The Morgan fingerprint density at radius 2 is 1.57 bits per heavy atom. The van der Waals surface area contributed by atoms with Crippen LogP contribution in [0.1, 0.15) is 26.7 Å². The highest BCUT2D eigenvalue weighted by molar-refractivity contribution is 5.73. The topological polar surface area (TPSA) is 63.3 Å². The quantitative estimate of drug-likeness (QED) is 0.665. The van der Waals surface area contributed by atoms with Gasteiger partial charge in [-0.3, -0.25) is 4.79 Å². The van der Waals surface area contributed by atoms with E-state index in [9.17, 15) is 4.79 Å². The lowest BCUT2D eigenvalue weighted by Crippen LogP contribution is -2.34. The van der Waals surface area contributed by atoms with Crippen LogP contribution in [-0.2, 0) is 4.79 Å². The summed E-state index contributed by atoms with van der Waals surface area (Å²) in [5.74, 6) is -0.910. The number of carbonyl (C=O) groups is 1. The summed E-state index contributed by atoms with van der Waals surface area (Å²) in [4.78, 5) is 10.0. The van der Waals surface area contributed by atoms with Crippen molar-refractivity contribution in [3.05, 3.63) is 24.3 Å². The molecule has 0 saturated carbocycles. The highest BCUT2D eigenvalue weighted by Crippen LogP contribution is 1.97. The molecule has 0 heterocycles. The fourth-order valence-electron chi connectivity index (χ4n) is 0.827. The van der Waals surface area contributed by atoms with Crippen molar-refractivity contribution in [3.8, 4) is 0 Å². The van der Waals surface area contributed by atoms with Gasteiger partial charge in [0.2, 0.25) is 0 Å². The second-order valence-electron chi connectivity index (χ2n) is 3.52. The van der Waals surface area contributed by atoms with Crippen molar-refractivity contribution in [2.75, 3.05) is 0 Å². The normalized spacial score (nSPS) is 16.0. The minimum atomic E-state index is -0.931. The van der Waals surface area contributed by atoms with Crippen LogP contribution in [0.15, 0.2) is 24.3 Å². The van der Waals surface area contributed by atoms with Gasteiger partial charge in [0.15, 0.2) is 0 Å². The van der Waals surface area contributed by atoms with Crippen molar-refractivity contribution < 1.29 is 9.90 Å². The van der Waals surface area contributed by atoms with Crippen molar-refractivity contribution in [1.29, 1.82) is 0 Å². The van der Waals surface area contributed by atoms with E-state index in [2.05, 4.69) is 24.3 Å². The summed E-state index contributed by atoms with van der Waals surface area (Å²) in [6.07, 6.45) is 11.0. The van der Waals surface area contributed by atoms with Crippen molar-refractivity contribution in [3.63, 3.8) is 0 Å². The van der Waals surface area contributed by atoms with Gasteiger partial charge < -0.3 is 10.8 Å². The third-order valence-corrected chi connectivity index (χ3v) is 1.88. The molecule has 0 aromatic carbocycles. The molecule has 0 aliphatic heterocycles. The van der Waals surface area contributed by atoms with Gasteiger partial charge >= 0.3 is 5.97 Å². The van der Waals surface area contributed by atoms with Crippen LogP contribution in [0, 0.1) is 5.92 Å². The number of allylic oxidation sites excluding steroid dienone is 4. The van der Waals surface area contributed by atoms with Crippen LogP contribution < -0.4 is 5.73 Å². The molecule has 3 nitrogen and oxygen atoms in total. The molecule has 1 atom stereocenters. The first kappa shape index (κ1) is 12.9. The third kappa shape index (κ3) is 6.43. The van der Waals surface area contributed by atoms with Crippen molar-refractivity contribution in [2.24, 2.45) is 11.7 Å². The van der Waals surface area contributed by atoms with Gasteiger partial charge in [0.25, 0.3) is 0 Å². The molecule has 0 aromatic heterocycles. The number of carboxylic acids is 1. The van der Waals surface area contributed by atoms with Gasteiger partial charge in [0, 0.05) is 0 Å². The molecule has 0 spiro atoms. The maximum Gasteiger partial charge on any atom is 0.320 e. The lowest BCUT2D eigenvalue weighted by molar-refractivity contribution is -0.139. The van der Waals surface area contributed by atoms with Crippen LogP contribution in [0.5, 0.6) is 0 Å². The summed E-state index contributed by atoms with van der Waals surface area (Å²) in [6, 6.07) is -0.713. The molecule has 3 heteroatoms. The van der Waals surface area contributed by atoms with Gasteiger partial charge in [-0.1, -0.05) is 38.2 Å².